The number of allylic oxidation sites excluding steroid dienone is 1. The molecule has 0 N–H and O–H groups in total. The Morgan fingerprint density at radius 1 is 1.08 bits per heavy atom. The van der Waals surface area contributed by atoms with E-state index in [0.29, 0.717) is 5.92 Å². The molecule has 1 aromatic heterocycles. The predicted molar refractivity (Wildman–Crippen MR) is 108 cm³/mol. The van der Waals surface area contributed by atoms with E-state index in [1.54, 1.807) is 0 Å². The van der Waals surface area contributed by atoms with Crippen LogP contribution in [0, 0.1) is 5.92 Å². The largest absolute Gasteiger partial charge is 0.277 e. The molecule has 0 aliphatic rings. The average molecular weight is 348 g/mol. The number of unbranched alkanes of at least 4 members (excludes halogenated alkanes) is 1. The summed E-state index contributed by atoms with van der Waals surface area (Å²) in [6.45, 7) is 10.3. The van der Waals surface area contributed by atoms with E-state index in [9.17, 15) is 0 Å². The van der Waals surface area contributed by atoms with Gasteiger partial charge >= 0.3 is 0 Å². The molecule has 1 unspecified atom stereocenters. The molecule has 1 heterocycles. The smallest absolute Gasteiger partial charge is 0.113 e. The van der Waals surface area contributed by atoms with Crippen molar-refractivity contribution in [2.45, 2.75) is 39.4 Å². The van der Waals surface area contributed by atoms with Crippen molar-refractivity contribution in [3.8, 4) is 0 Å². The molecule has 0 amide bonds. The number of para-hydroxylation sites is 1. The van der Waals surface area contributed by atoms with Crippen LogP contribution in [0.25, 0.3) is 11.0 Å². The van der Waals surface area contributed by atoms with E-state index in [0.717, 1.165) is 37.0 Å². The highest BCUT2D eigenvalue weighted by atomic mass is 15.5. The van der Waals surface area contributed by atoms with Crippen molar-refractivity contribution < 1.29 is 0 Å². The summed E-state index contributed by atoms with van der Waals surface area (Å²) in [4.78, 5) is 2.52. The van der Waals surface area contributed by atoms with E-state index in [-0.39, 0.29) is 6.17 Å². The van der Waals surface area contributed by atoms with Gasteiger partial charge in [0.25, 0.3) is 0 Å². The zero-order chi connectivity index (χ0) is 18.4. The van der Waals surface area contributed by atoms with Gasteiger partial charge in [0, 0.05) is 13.1 Å². The maximum absolute atomic E-state index is 4.51. The highest BCUT2D eigenvalue weighted by molar-refractivity contribution is 5.73. The van der Waals surface area contributed by atoms with Crippen LogP contribution in [0.4, 0.5) is 0 Å². The van der Waals surface area contributed by atoms with Gasteiger partial charge in [-0.1, -0.05) is 67.6 Å². The summed E-state index contributed by atoms with van der Waals surface area (Å²) >= 11 is 0. The molecule has 2 aromatic carbocycles. The molecule has 136 valence electrons. The third-order valence-corrected chi connectivity index (χ3v) is 4.68. The second kappa shape index (κ2) is 8.77. The maximum atomic E-state index is 4.51. The standard InChI is InChI=1S/C22H28N4/c1-4-5-11-16-25(17-19-12-7-6-8-13-19)22(18(2)3)26-21-15-10-9-14-20(21)23-24-26/h4,6-10,12-15,18,22H,1,5,11,16-17H2,2-3H3. The highest BCUT2D eigenvalue weighted by Crippen LogP contribution is 2.27. The van der Waals surface area contributed by atoms with Gasteiger partial charge in [-0.2, -0.15) is 0 Å². The summed E-state index contributed by atoms with van der Waals surface area (Å²) in [7, 11) is 0. The number of nitrogens with zero attached hydrogens (tertiary/aromatic N) is 4. The number of benzene rings is 2. The Bertz CT molecular complexity index is 822. The van der Waals surface area contributed by atoms with Gasteiger partial charge in [-0.15, -0.1) is 11.7 Å². The molecule has 4 nitrogen and oxygen atoms in total. The van der Waals surface area contributed by atoms with Gasteiger partial charge < -0.3 is 0 Å². The maximum Gasteiger partial charge on any atom is 0.113 e. The molecule has 26 heavy (non-hydrogen) atoms. The summed E-state index contributed by atoms with van der Waals surface area (Å²) < 4.78 is 2.09. The van der Waals surface area contributed by atoms with Gasteiger partial charge in [0.15, 0.2) is 0 Å². The third-order valence-electron chi connectivity index (χ3n) is 4.68. The van der Waals surface area contributed by atoms with Crippen molar-refractivity contribution in [1.82, 2.24) is 19.9 Å². The Hall–Kier alpha value is -2.46. The van der Waals surface area contributed by atoms with Crippen LogP contribution in [-0.4, -0.2) is 26.4 Å². The summed E-state index contributed by atoms with van der Waals surface area (Å²) in [6, 6.07) is 18.9. The van der Waals surface area contributed by atoms with Crippen molar-refractivity contribution in [1.29, 1.82) is 0 Å². The molecule has 0 bridgehead atoms. The van der Waals surface area contributed by atoms with Gasteiger partial charge in [-0.3, -0.25) is 4.90 Å². The third kappa shape index (κ3) is 4.20. The Labute approximate surface area is 156 Å². The minimum absolute atomic E-state index is 0.160. The van der Waals surface area contributed by atoms with Crippen LogP contribution in [0.2, 0.25) is 0 Å². The molecule has 4 heteroatoms. The number of hydrogen-bond donors (Lipinski definition) is 0. The SMILES string of the molecule is C=CCCCN(Cc1ccccc1)C(C(C)C)n1nnc2ccccc21. The Morgan fingerprint density at radius 2 is 1.81 bits per heavy atom. The summed E-state index contributed by atoms with van der Waals surface area (Å²) in [5, 5.41) is 8.89. The lowest BCUT2D eigenvalue weighted by atomic mass is 10.1. The van der Waals surface area contributed by atoms with E-state index in [2.05, 4.69) is 82.8 Å². The van der Waals surface area contributed by atoms with Crippen LogP contribution >= 0.6 is 0 Å². The quantitative estimate of drug-likeness (QED) is 0.401. The summed E-state index contributed by atoms with van der Waals surface area (Å²) in [5.74, 6) is 0.410. The molecule has 0 fully saturated rings. The number of aromatic nitrogens is 3. The predicted octanol–water partition coefficient (Wildman–Crippen LogP) is 5.05. The topological polar surface area (TPSA) is 34.0 Å². The average Bonchev–Trinajstić information content (AvgIpc) is 3.06. The van der Waals surface area contributed by atoms with Crippen molar-refractivity contribution >= 4 is 11.0 Å². The normalized spacial score (nSPS) is 12.8. The van der Waals surface area contributed by atoms with E-state index >= 15 is 0 Å². The van der Waals surface area contributed by atoms with E-state index in [1.165, 1.54) is 5.56 Å². The summed E-state index contributed by atoms with van der Waals surface area (Å²) in [5.41, 5.74) is 3.36. The van der Waals surface area contributed by atoms with Crippen molar-refractivity contribution in [2.75, 3.05) is 6.54 Å². The van der Waals surface area contributed by atoms with E-state index < -0.39 is 0 Å². The van der Waals surface area contributed by atoms with Gasteiger partial charge in [0.05, 0.1) is 5.52 Å². The molecule has 0 spiro atoms. The van der Waals surface area contributed by atoms with E-state index in [4.69, 9.17) is 0 Å². The Balaban J connectivity index is 1.95. The number of fused-ring (bicyclic) bond motifs is 1. The van der Waals surface area contributed by atoms with Crippen LogP contribution in [-0.2, 0) is 6.54 Å². The lowest BCUT2D eigenvalue weighted by Crippen LogP contribution is -2.37. The molecule has 0 radical (unpaired) electrons. The first-order chi connectivity index (χ1) is 12.7. The fourth-order valence-corrected chi connectivity index (χ4v) is 3.50. The van der Waals surface area contributed by atoms with Gasteiger partial charge in [-0.25, -0.2) is 4.68 Å². The highest BCUT2D eigenvalue weighted by Gasteiger charge is 2.26. The van der Waals surface area contributed by atoms with Crippen LogP contribution in [0.5, 0.6) is 0 Å². The minimum Gasteiger partial charge on any atom is -0.277 e. The minimum atomic E-state index is 0.160. The fraction of sp³-hybridized carbons (Fsp3) is 0.364. The molecule has 0 aliphatic carbocycles. The second-order valence-corrected chi connectivity index (χ2v) is 7.07. The molecular weight excluding hydrogens is 320 g/mol. The van der Waals surface area contributed by atoms with Crippen molar-refractivity contribution in [3.63, 3.8) is 0 Å². The monoisotopic (exact) mass is 348 g/mol. The Kier molecular flexibility index (Phi) is 6.18. The lowest BCUT2D eigenvalue weighted by molar-refractivity contribution is 0.0788. The zero-order valence-electron chi connectivity index (χ0n) is 15.8. The first kappa shape index (κ1) is 18.3. The van der Waals surface area contributed by atoms with Crippen LogP contribution in [0.1, 0.15) is 38.4 Å². The molecule has 3 rings (SSSR count). The Morgan fingerprint density at radius 3 is 2.54 bits per heavy atom. The molecule has 0 aliphatic heterocycles. The molecule has 0 saturated carbocycles. The first-order valence-electron chi connectivity index (χ1n) is 9.39. The van der Waals surface area contributed by atoms with Crippen LogP contribution in [0.15, 0.2) is 67.3 Å². The summed E-state index contributed by atoms with van der Waals surface area (Å²) in [6.07, 6.45) is 4.27. The van der Waals surface area contributed by atoms with Crippen LogP contribution in [0.3, 0.4) is 0 Å². The molecular formula is C22H28N4. The number of rotatable bonds is 9. The van der Waals surface area contributed by atoms with Crippen LogP contribution < -0.4 is 0 Å². The molecule has 3 aromatic rings. The van der Waals surface area contributed by atoms with Gasteiger partial charge in [0.1, 0.15) is 11.7 Å². The van der Waals surface area contributed by atoms with Gasteiger partial charge in [0.2, 0.25) is 0 Å². The molecule has 0 saturated heterocycles. The second-order valence-electron chi connectivity index (χ2n) is 7.07. The zero-order valence-corrected chi connectivity index (χ0v) is 15.8. The van der Waals surface area contributed by atoms with Gasteiger partial charge in [-0.05, 0) is 36.5 Å². The number of hydrogen-bond acceptors (Lipinski definition) is 3. The fourth-order valence-electron chi connectivity index (χ4n) is 3.50. The first-order valence-corrected chi connectivity index (χ1v) is 9.39. The van der Waals surface area contributed by atoms with Crippen molar-refractivity contribution in [2.24, 2.45) is 5.92 Å². The van der Waals surface area contributed by atoms with E-state index in [1.807, 2.05) is 18.2 Å². The lowest BCUT2D eigenvalue weighted by Gasteiger charge is -2.34. The van der Waals surface area contributed by atoms with Crippen molar-refractivity contribution in [3.05, 3.63) is 72.8 Å². The molecule has 1 atom stereocenters.